The number of amides is 1. The van der Waals surface area contributed by atoms with E-state index in [1.807, 2.05) is 13.8 Å². The lowest BCUT2D eigenvalue weighted by molar-refractivity contribution is -0.118. The van der Waals surface area contributed by atoms with Crippen LogP contribution in [0.25, 0.3) is 21.3 Å². The summed E-state index contributed by atoms with van der Waals surface area (Å²) in [6, 6.07) is 6.06. The Kier molecular flexibility index (Phi) is 4.67. The number of nitrogens with two attached hydrogens (primary N) is 1. The van der Waals surface area contributed by atoms with Gasteiger partial charge in [-0.15, -0.1) is 11.3 Å². The molecule has 0 aliphatic heterocycles. The van der Waals surface area contributed by atoms with Crippen molar-refractivity contribution >= 4 is 27.5 Å². The van der Waals surface area contributed by atoms with Gasteiger partial charge in [0, 0.05) is 29.8 Å². The van der Waals surface area contributed by atoms with E-state index in [1.165, 1.54) is 28.0 Å². The standard InChI is InChI=1S/C18H18FN3O2S/c1-3-14-21-17-16(18(24)22(14)9-8-13(20)23)15(10(2)25-17)11-4-6-12(19)7-5-11/h4-7H,3,8-9H2,1-2H3,(H2,20,23). The van der Waals surface area contributed by atoms with E-state index in [2.05, 4.69) is 4.98 Å². The van der Waals surface area contributed by atoms with E-state index >= 15 is 0 Å². The van der Waals surface area contributed by atoms with Crippen molar-refractivity contribution < 1.29 is 9.18 Å². The molecule has 1 aromatic carbocycles. The Morgan fingerprint density at radius 3 is 2.60 bits per heavy atom. The summed E-state index contributed by atoms with van der Waals surface area (Å²) in [7, 11) is 0. The Morgan fingerprint density at radius 1 is 1.32 bits per heavy atom. The van der Waals surface area contributed by atoms with Crippen LogP contribution in [-0.4, -0.2) is 15.5 Å². The molecule has 2 heterocycles. The molecule has 0 unspecified atom stereocenters. The largest absolute Gasteiger partial charge is 0.370 e. The van der Waals surface area contributed by atoms with E-state index in [9.17, 15) is 14.0 Å². The fourth-order valence-electron chi connectivity index (χ4n) is 2.92. The number of fused-ring (bicyclic) bond motifs is 1. The molecule has 3 rings (SSSR count). The van der Waals surface area contributed by atoms with Gasteiger partial charge in [-0.1, -0.05) is 19.1 Å². The van der Waals surface area contributed by atoms with Crippen LogP contribution in [0.2, 0.25) is 0 Å². The van der Waals surface area contributed by atoms with E-state index in [4.69, 9.17) is 5.73 Å². The topological polar surface area (TPSA) is 78.0 Å². The second-order valence-electron chi connectivity index (χ2n) is 5.77. The second kappa shape index (κ2) is 6.76. The summed E-state index contributed by atoms with van der Waals surface area (Å²) < 4.78 is 14.8. The van der Waals surface area contributed by atoms with Crippen molar-refractivity contribution in [1.82, 2.24) is 9.55 Å². The average Bonchev–Trinajstić information content (AvgIpc) is 2.90. The van der Waals surface area contributed by atoms with Crippen LogP contribution in [0.3, 0.4) is 0 Å². The molecule has 0 bridgehead atoms. The number of carbonyl (C=O) groups excluding carboxylic acids is 1. The Morgan fingerprint density at radius 2 is 2.00 bits per heavy atom. The molecule has 0 fully saturated rings. The number of carbonyl (C=O) groups is 1. The van der Waals surface area contributed by atoms with Crippen molar-refractivity contribution in [3.63, 3.8) is 0 Å². The van der Waals surface area contributed by atoms with E-state index in [-0.39, 0.29) is 24.3 Å². The molecular weight excluding hydrogens is 341 g/mol. The highest BCUT2D eigenvalue weighted by Gasteiger charge is 2.19. The minimum atomic E-state index is -0.464. The Hall–Kier alpha value is -2.54. The van der Waals surface area contributed by atoms with Crippen LogP contribution in [-0.2, 0) is 17.8 Å². The van der Waals surface area contributed by atoms with Crippen LogP contribution in [0.1, 0.15) is 24.0 Å². The number of benzene rings is 1. The molecule has 3 aromatic rings. The molecule has 0 spiro atoms. The number of hydrogen-bond acceptors (Lipinski definition) is 4. The maximum atomic E-state index is 13.2. The molecule has 0 saturated carbocycles. The average molecular weight is 359 g/mol. The Balaban J connectivity index is 2.27. The number of thiophene rings is 1. The summed E-state index contributed by atoms with van der Waals surface area (Å²) in [6.07, 6.45) is 0.655. The summed E-state index contributed by atoms with van der Waals surface area (Å²) in [5, 5.41) is 0.510. The van der Waals surface area contributed by atoms with Crippen LogP contribution >= 0.6 is 11.3 Å². The van der Waals surface area contributed by atoms with Crippen molar-refractivity contribution in [2.45, 2.75) is 33.2 Å². The van der Waals surface area contributed by atoms with Gasteiger partial charge in [0.25, 0.3) is 5.56 Å². The first-order valence-electron chi connectivity index (χ1n) is 7.99. The van der Waals surface area contributed by atoms with Crippen molar-refractivity contribution in [2.75, 3.05) is 0 Å². The van der Waals surface area contributed by atoms with Gasteiger partial charge in [0.2, 0.25) is 5.91 Å². The van der Waals surface area contributed by atoms with Crippen LogP contribution in [0.15, 0.2) is 29.1 Å². The predicted octanol–water partition coefficient (Wildman–Crippen LogP) is 3.01. The molecular formula is C18H18FN3O2S. The van der Waals surface area contributed by atoms with Gasteiger partial charge in [0.15, 0.2) is 0 Å². The number of rotatable bonds is 5. The van der Waals surface area contributed by atoms with Gasteiger partial charge in [-0.05, 0) is 24.6 Å². The van der Waals surface area contributed by atoms with Crippen molar-refractivity contribution in [3.05, 3.63) is 51.1 Å². The number of primary amides is 1. The zero-order valence-electron chi connectivity index (χ0n) is 14.0. The first kappa shape index (κ1) is 17.3. The van der Waals surface area contributed by atoms with Gasteiger partial charge in [-0.2, -0.15) is 0 Å². The molecule has 2 N–H and O–H groups in total. The van der Waals surface area contributed by atoms with E-state index in [0.717, 1.165) is 16.0 Å². The fraction of sp³-hybridized carbons (Fsp3) is 0.278. The molecule has 5 nitrogen and oxygen atoms in total. The highest BCUT2D eigenvalue weighted by atomic mass is 32.1. The monoisotopic (exact) mass is 359 g/mol. The van der Waals surface area contributed by atoms with Crippen molar-refractivity contribution in [3.8, 4) is 11.1 Å². The molecule has 7 heteroatoms. The fourth-order valence-corrected chi connectivity index (χ4v) is 3.98. The second-order valence-corrected chi connectivity index (χ2v) is 6.98. The summed E-state index contributed by atoms with van der Waals surface area (Å²) in [5.74, 6) is -0.161. The summed E-state index contributed by atoms with van der Waals surface area (Å²) in [4.78, 5) is 30.4. The van der Waals surface area contributed by atoms with E-state index in [0.29, 0.717) is 22.5 Å². The molecule has 0 aliphatic rings. The zero-order chi connectivity index (χ0) is 18.1. The predicted molar refractivity (Wildman–Crippen MR) is 97.2 cm³/mol. The van der Waals surface area contributed by atoms with Crippen molar-refractivity contribution in [1.29, 1.82) is 0 Å². The Labute approximate surface area is 147 Å². The lowest BCUT2D eigenvalue weighted by atomic mass is 10.0. The van der Waals surface area contributed by atoms with Crippen LogP contribution < -0.4 is 11.3 Å². The van der Waals surface area contributed by atoms with Gasteiger partial charge >= 0.3 is 0 Å². The third-order valence-electron chi connectivity index (χ3n) is 4.10. The van der Waals surface area contributed by atoms with Crippen LogP contribution in [0.5, 0.6) is 0 Å². The molecule has 0 radical (unpaired) electrons. The number of halogens is 1. The quantitative estimate of drug-likeness (QED) is 0.761. The maximum absolute atomic E-state index is 13.2. The van der Waals surface area contributed by atoms with Crippen LogP contribution in [0.4, 0.5) is 4.39 Å². The number of nitrogens with zero attached hydrogens (tertiary/aromatic N) is 2. The highest BCUT2D eigenvalue weighted by Crippen LogP contribution is 2.35. The number of aryl methyl sites for hydroxylation is 2. The molecule has 0 saturated heterocycles. The number of aromatic nitrogens is 2. The van der Waals surface area contributed by atoms with Gasteiger partial charge in [0.1, 0.15) is 16.5 Å². The normalized spacial score (nSPS) is 11.2. The Bertz CT molecular complexity index is 1010. The lowest BCUT2D eigenvalue weighted by Gasteiger charge is -2.11. The molecule has 1 amide bonds. The molecule has 25 heavy (non-hydrogen) atoms. The highest BCUT2D eigenvalue weighted by molar-refractivity contribution is 7.19. The molecule has 0 atom stereocenters. The summed E-state index contributed by atoms with van der Waals surface area (Å²) in [5.41, 5.74) is 6.58. The zero-order valence-corrected chi connectivity index (χ0v) is 14.8. The van der Waals surface area contributed by atoms with Gasteiger partial charge in [-0.25, -0.2) is 9.37 Å². The minimum absolute atomic E-state index is 0.0785. The molecule has 0 aliphatic carbocycles. The maximum Gasteiger partial charge on any atom is 0.262 e. The van der Waals surface area contributed by atoms with E-state index in [1.54, 1.807) is 12.1 Å². The van der Waals surface area contributed by atoms with Gasteiger partial charge < -0.3 is 5.73 Å². The minimum Gasteiger partial charge on any atom is -0.370 e. The lowest BCUT2D eigenvalue weighted by Crippen LogP contribution is -2.27. The third-order valence-corrected chi connectivity index (χ3v) is 5.10. The molecule has 2 aromatic heterocycles. The van der Waals surface area contributed by atoms with E-state index < -0.39 is 5.91 Å². The molecule has 130 valence electrons. The smallest absolute Gasteiger partial charge is 0.262 e. The first-order chi connectivity index (χ1) is 11.9. The van der Waals surface area contributed by atoms with Crippen LogP contribution in [0, 0.1) is 12.7 Å². The SMILES string of the molecule is CCc1nc2sc(C)c(-c3ccc(F)cc3)c2c(=O)n1CCC(N)=O. The third kappa shape index (κ3) is 3.19. The first-order valence-corrected chi connectivity index (χ1v) is 8.81. The summed E-state index contributed by atoms with van der Waals surface area (Å²) >= 11 is 1.44. The summed E-state index contributed by atoms with van der Waals surface area (Å²) in [6.45, 7) is 4.04. The number of hydrogen-bond donors (Lipinski definition) is 1. The van der Waals surface area contributed by atoms with Gasteiger partial charge in [0.05, 0.1) is 5.39 Å². The van der Waals surface area contributed by atoms with Gasteiger partial charge in [-0.3, -0.25) is 14.2 Å². The van der Waals surface area contributed by atoms with Crippen molar-refractivity contribution in [2.24, 2.45) is 5.73 Å².